The maximum atomic E-state index is 5.76. The average Bonchev–Trinajstić information content (AvgIpc) is 2.52. The largest absolute Gasteiger partial charge is 0.371 e. The lowest BCUT2D eigenvalue weighted by atomic mass is 10.4. The standard InChI is InChI=1S/C8H13ClN2O2/c1-4-12-6(3)7-10-8(5(2)9)13-11-7/h5-6H,4H2,1-3H3. The molecule has 74 valence electrons. The zero-order valence-electron chi connectivity index (χ0n) is 7.95. The van der Waals surface area contributed by atoms with Crippen LogP contribution in [-0.2, 0) is 4.74 Å². The minimum absolute atomic E-state index is 0.141. The Bertz CT molecular complexity index is 262. The Hall–Kier alpha value is -0.610. The van der Waals surface area contributed by atoms with Crippen LogP contribution < -0.4 is 0 Å². The molecule has 2 atom stereocenters. The molecule has 1 heterocycles. The molecule has 1 aromatic rings. The van der Waals surface area contributed by atoms with Gasteiger partial charge in [0.1, 0.15) is 11.5 Å². The van der Waals surface area contributed by atoms with Gasteiger partial charge in [-0.05, 0) is 20.8 Å². The number of nitrogens with zero attached hydrogens (tertiary/aromatic N) is 2. The van der Waals surface area contributed by atoms with Gasteiger partial charge in [0.05, 0.1) is 0 Å². The van der Waals surface area contributed by atoms with E-state index < -0.39 is 0 Å². The van der Waals surface area contributed by atoms with Crippen molar-refractivity contribution < 1.29 is 9.26 Å². The van der Waals surface area contributed by atoms with Crippen molar-refractivity contribution in [3.05, 3.63) is 11.7 Å². The first-order valence-electron chi connectivity index (χ1n) is 4.24. The molecular weight excluding hydrogens is 192 g/mol. The molecule has 0 radical (unpaired) electrons. The predicted molar refractivity (Wildman–Crippen MR) is 48.6 cm³/mol. The van der Waals surface area contributed by atoms with E-state index in [1.165, 1.54) is 0 Å². The molecule has 13 heavy (non-hydrogen) atoms. The highest BCUT2D eigenvalue weighted by atomic mass is 35.5. The topological polar surface area (TPSA) is 48.2 Å². The Morgan fingerprint density at radius 3 is 2.69 bits per heavy atom. The molecule has 0 amide bonds. The third-order valence-corrected chi connectivity index (χ3v) is 1.76. The van der Waals surface area contributed by atoms with Gasteiger partial charge in [-0.1, -0.05) is 5.16 Å². The molecule has 0 aromatic carbocycles. The summed E-state index contributed by atoms with van der Waals surface area (Å²) in [6.07, 6.45) is -0.141. The van der Waals surface area contributed by atoms with Crippen molar-refractivity contribution in [1.82, 2.24) is 10.1 Å². The van der Waals surface area contributed by atoms with E-state index in [1.807, 2.05) is 13.8 Å². The highest BCUT2D eigenvalue weighted by molar-refractivity contribution is 6.20. The molecule has 0 saturated carbocycles. The van der Waals surface area contributed by atoms with Crippen LogP contribution in [0.15, 0.2) is 4.52 Å². The van der Waals surface area contributed by atoms with Gasteiger partial charge in [0.25, 0.3) is 0 Å². The van der Waals surface area contributed by atoms with Gasteiger partial charge >= 0.3 is 0 Å². The second kappa shape index (κ2) is 4.58. The lowest BCUT2D eigenvalue weighted by molar-refractivity contribution is 0.0683. The van der Waals surface area contributed by atoms with Gasteiger partial charge in [-0.25, -0.2) is 0 Å². The van der Waals surface area contributed by atoms with Crippen LogP contribution in [0.1, 0.15) is 44.0 Å². The number of alkyl halides is 1. The number of aromatic nitrogens is 2. The van der Waals surface area contributed by atoms with Gasteiger partial charge in [-0.2, -0.15) is 4.98 Å². The zero-order valence-corrected chi connectivity index (χ0v) is 8.71. The number of ether oxygens (including phenoxy) is 1. The molecule has 1 aromatic heterocycles. The summed E-state index contributed by atoms with van der Waals surface area (Å²) in [6.45, 7) is 6.20. The first-order valence-corrected chi connectivity index (χ1v) is 4.68. The molecular formula is C8H13ClN2O2. The second-order valence-electron chi connectivity index (χ2n) is 2.70. The van der Waals surface area contributed by atoms with Crippen LogP contribution in [0.4, 0.5) is 0 Å². The molecule has 0 spiro atoms. The van der Waals surface area contributed by atoms with Crippen molar-refractivity contribution in [1.29, 1.82) is 0 Å². The van der Waals surface area contributed by atoms with Crippen LogP contribution >= 0.6 is 11.6 Å². The molecule has 0 aliphatic rings. The number of rotatable bonds is 4. The van der Waals surface area contributed by atoms with E-state index in [2.05, 4.69) is 10.1 Å². The summed E-state index contributed by atoms with van der Waals surface area (Å²) >= 11 is 5.76. The Morgan fingerprint density at radius 2 is 2.23 bits per heavy atom. The molecule has 1 rings (SSSR count). The molecule has 0 bridgehead atoms. The lowest BCUT2D eigenvalue weighted by Gasteiger charge is -2.04. The third-order valence-electron chi connectivity index (χ3n) is 1.58. The smallest absolute Gasteiger partial charge is 0.244 e. The second-order valence-corrected chi connectivity index (χ2v) is 3.36. The Morgan fingerprint density at radius 1 is 1.54 bits per heavy atom. The monoisotopic (exact) mass is 204 g/mol. The van der Waals surface area contributed by atoms with E-state index in [0.29, 0.717) is 18.3 Å². The number of hydrogen-bond acceptors (Lipinski definition) is 4. The summed E-state index contributed by atoms with van der Waals surface area (Å²) < 4.78 is 10.2. The Balaban J connectivity index is 2.67. The minimum Gasteiger partial charge on any atom is -0.371 e. The zero-order chi connectivity index (χ0) is 9.84. The van der Waals surface area contributed by atoms with Crippen LogP contribution in [0.5, 0.6) is 0 Å². The van der Waals surface area contributed by atoms with Crippen LogP contribution in [0.2, 0.25) is 0 Å². The summed E-state index contributed by atoms with van der Waals surface area (Å²) in [7, 11) is 0. The van der Waals surface area contributed by atoms with Gasteiger partial charge in [0.15, 0.2) is 5.82 Å². The highest BCUT2D eigenvalue weighted by Gasteiger charge is 2.16. The molecule has 5 heteroatoms. The predicted octanol–water partition coefficient (Wildman–Crippen LogP) is 2.47. The number of halogens is 1. The lowest BCUT2D eigenvalue weighted by Crippen LogP contribution is -2.01. The SMILES string of the molecule is CCOC(C)c1noc(C(C)Cl)n1. The highest BCUT2D eigenvalue weighted by Crippen LogP contribution is 2.20. The normalized spacial score (nSPS) is 15.7. The summed E-state index contributed by atoms with van der Waals surface area (Å²) in [5, 5.41) is 3.51. The fraction of sp³-hybridized carbons (Fsp3) is 0.750. The van der Waals surface area contributed by atoms with Crippen LogP contribution in [-0.4, -0.2) is 16.7 Å². The van der Waals surface area contributed by atoms with Crippen molar-refractivity contribution in [2.75, 3.05) is 6.61 Å². The van der Waals surface area contributed by atoms with Crippen LogP contribution in [0, 0.1) is 0 Å². The maximum absolute atomic E-state index is 5.76. The summed E-state index contributed by atoms with van der Waals surface area (Å²) in [5.41, 5.74) is 0. The van der Waals surface area contributed by atoms with Crippen molar-refractivity contribution in [2.45, 2.75) is 32.3 Å². The van der Waals surface area contributed by atoms with Gasteiger partial charge in [0, 0.05) is 6.61 Å². The fourth-order valence-corrected chi connectivity index (χ4v) is 0.987. The van der Waals surface area contributed by atoms with E-state index in [0.717, 1.165) is 0 Å². The molecule has 0 aliphatic heterocycles. The third kappa shape index (κ3) is 2.67. The molecule has 4 nitrogen and oxygen atoms in total. The molecule has 0 fully saturated rings. The van der Waals surface area contributed by atoms with Crippen molar-refractivity contribution in [3.8, 4) is 0 Å². The fourth-order valence-electron chi connectivity index (χ4n) is 0.898. The van der Waals surface area contributed by atoms with Crippen LogP contribution in [0.3, 0.4) is 0 Å². The van der Waals surface area contributed by atoms with E-state index in [4.69, 9.17) is 20.9 Å². The van der Waals surface area contributed by atoms with Gasteiger partial charge in [0.2, 0.25) is 5.89 Å². The minimum atomic E-state index is -0.255. The number of hydrogen-bond donors (Lipinski definition) is 0. The van der Waals surface area contributed by atoms with Crippen molar-refractivity contribution in [2.24, 2.45) is 0 Å². The Labute approximate surface area is 82.2 Å². The summed E-state index contributed by atoms with van der Waals surface area (Å²) in [4.78, 5) is 4.09. The van der Waals surface area contributed by atoms with Gasteiger partial charge < -0.3 is 9.26 Å². The van der Waals surface area contributed by atoms with Gasteiger partial charge in [-0.15, -0.1) is 11.6 Å². The quantitative estimate of drug-likeness (QED) is 0.707. The van der Waals surface area contributed by atoms with Crippen molar-refractivity contribution >= 4 is 11.6 Å². The molecule has 0 N–H and O–H groups in total. The molecule has 0 aliphatic carbocycles. The maximum Gasteiger partial charge on any atom is 0.244 e. The molecule has 0 saturated heterocycles. The molecule has 2 unspecified atom stereocenters. The van der Waals surface area contributed by atoms with Crippen LogP contribution in [0.25, 0.3) is 0 Å². The summed E-state index contributed by atoms with van der Waals surface area (Å²) in [6, 6.07) is 0. The summed E-state index contributed by atoms with van der Waals surface area (Å²) in [5.74, 6) is 0.979. The average molecular weight is 205 g/mol. The van der Waals surface area contributed by atoms with E-state index in [9.17, 15) is 0 Å². The first-order chi connectivity index (χ1) is 6.15. The van der Waals surface area contributed by atoms with Crippen molar-refractivity contribution in [3.63, 3.8) is 0 Å². The van der Waals surface area contributed by atoms with Gasteiger partial charge in [-0.3, -0.25) is 0 Å². The Kier molecular flexibility index (Phi) is 3.69. The van der Waals surface area contributed by atoms with E-state index in [-0.39, 0.29) is 11.5 Å². The van der Waals surface area contributed by atoms with E-state index in [1.54, 1.807) is 6.92 Å². The first kappa shape index (κ1) is 10.5. The van der Waals surface area contributed by atoms with E-state index >= 15 is 0 Å².